The fourth-order valence-electron chi connectivity index (χ4n) is 2.31. The van der Waals surface area contributed by atoms with Crippen LogP contribution in [0.15, 0.2) is 24.4 Å². The Kier molecular flexibility index (Phi) is 6.06. The number of benzene rings is 1. The number of likely N-dealkylation sites (N-methyl/N-ethyl adjacent to an activating group) is 1. The molecule has 1 unspecified atom stereocenters. The first-order valence-electron chi connectivity index (χ1n) is 7.74. The summed E-state index contributed by atoms with van der Waals surface area (Å²) in [6.07, 6.45) is 2.75. The molecule has 1 heterocycles. The number of phosphoric acid groups is 1. The number of rotatable bonds is 8. The number of ether oxygens (including phenoxy) is 1. The standard InChI is InChI=1S/C16H25N2O5P/c1-16(2,3)23-24(19,20)22-11-21-14-7-5-6-13-15(14)12(10-18-13)8-9-17-4/h5-7,10,17-18H,8-9,11H2,1-4H3,(H,19,20)/p-1. The van der Waals surface area contributed by atoms with Crippen LogP contribution in [0.4, 0.5) is 0 Å². The minimum atomic E-state index is -4.42. The van der Waals surface area contributed by atoms with E-state index in [1.807, 2.05) is 25.4 Å². The van der Waals surface area contributed by atoms with Crippen molar-refractivity contribution in [2.75, 3.05) is 20.4 Å². The zero-order valence-electron chi connectivity index (χ0n) is 14.4. The smallest absolute Gasteiger partial charge is 0.271 e. The van der Waals surface area contributed by atoms with Gasteiger partial charge in [0.2, 0.25) is 0 Å². The van der Waals surface area contributed by atoms with E-state index < -0.39 is 20.2 Å². The van der Waals surface area contributed by atoms with E-state index in [4.69, 9.17) is 13.8 Å². The topological polar surface area (TPSA) is 95.6 Å². The van der Waals surface area contributed by atoms with Crippen LogP contribution in [-0.2, 0) is 20.0 Å². The lowest BCUT2D eigenvalue weighted by molar-refractivity contribution is -0.238. The van der Waals surface area contributed by atoms with Crippen LogP contribution >= 0.6 is 7.82 Å². The van der Waals surface area contributed by atoms with Gasteiger partial charge in [-0.2, -0.15) is 0 Å². The summed E-state index contributed by atoms with van der Waals surface area (Å²) < 4.78 is 27.0. The van der Waals surface area contributed by atoms with E-state index in [0.717, 1.165) is 29.4 Å². The summed E-state index contributed by atoms with van der Waals surface area (Å²) in [6.45, 7) is 5.29. The molecular formula is C16H24N2O5P-. The summed E-state index contributed by atoms with van der Waals surface area (Å²) in [6, 6.07) is 5.55. The Hall–Kier alpha value is -1.37. The fourth-order valence-corrected chi connectivity index (χ4v) is 3.22. The second-order valence-corrected chi connectivity index (χ2v) is 7.72. The first-order valence-corrected chi connectivity index (χ1v) is 9.20. The first kappa shape index (κ1) is 19.0. The molecule has 0 bridgehead atoms. The van der Waals surface area contributed by atoms with Gasteiger partial charge >= 0.3 is 0 Å². The van der Waals surface area contributed by atoms with Gasteiger partial charge in [-0.15, -0.1) is 0 Å². The average Bonchev–Trinajstić information content (AvgIpc) is 2.86. The lowest BCUT2D eigenvalue weighted by atomic mass is 10.1. The monoisotopic (exact) mass is 355 g/mol. The molecule has 134 valence electrons. The van der Waals surface area contributed by atoms with Gasteiger partial charge in [0.15, 0.2) is 6.79 Å². The lowest BCUT2D eigenvalue weighted by Gasteiger charge is -2.30. The van der Waals surface area contributed by atoms with Gasteiger partial charge in [0.1, 0.15) is 5.75 Å². The highest BCUT2D eigenvalue weighted by Crippen LogP contribution is 2.43. The minimum absolute atomic E-state index is 0.438. The number of H-pyrrole nitrogens is 1. The molecule has 0 aliphatic carbocycles. The van der Waals surface area contributed by atoms with Gasteiger partial charge in [-0.3, -0.25) is 9.09 Å². The summed E-state index contributed by atoms with van der Waals surface area (Å²) in [5.74, 6) is 0.565. The molecule has 0 aliphatic rings. The number of aromatic amines is 1. The summed E-state index contributed by atoms with van der Waals surface area (Å²) >= 11 is 0. The highest BCUT2D eigenvalue weighted by Gasteiger charge is 2.20. The third kappa shape index (κ3) is 5.33. The summed E-state index contributed by atoms with van der Waals surface area (Å²) in [4.78, 5) is 14.9. The van der Waals surface area contributed by atoms with E-state index in [1.165, 1.54) is 0 Å². The van der Waals surface area contributed by atoms with Gasteiger partial charge in [-0.05, 0) is 58.5 Å². The molecule has 0 radical (unpaired) electrons. The third-order valence-corrected chi connectivity index (χ3v) is 4.40. The van der Waals surface area contributed by atoms with Gasteiger partial charge in [0.05, 0.1) is 5.60 Å². The van der Waals surface area contributed by atoms with Crippen LogP contribution < -0.4 is 14.9 Å². The molecule has 8 heteroatoms. The van der Waals surface area contributed by atoms with Gasteiger partial charge in [-0.25, -0.2) is 0 Å². The molecule has 0 saturated carbocycles. The number of hydrogen-bond donors (Lipinski definition) is 2. The second kappa shape index (κ2) is 7.68. The van der Waals surface area contributed by atoms with Gasteiger partial charge in [-0.1, -0.05) is 6.07 Å². The predicted octanol–water partition coefficient (Wildman–Crippen LogP) is 2.57. The van der Waals surface area contributed by atoms with Crippen LogP contribution in [0.3, 0.4) is 0 Å². The van der Waals surface area contributed by atoms with Crippen LogP contribution in [0.5, 0.6) is 5.75 Å². The number of nitrogens with one attached hydrogen (secondary N) is 2. The molecule has 24 heavy (non-hydrogen) atoms. The Labute approximate surface area is 141 Å². The van der Waals surface area contributed by atoms with E-state index in [2.05, 4.69) is 10.3 Å². The van der Waals surface area contributed by atoms with Crippen LogP contribution in [-0.4, -0.2) is 31.0 Å². The Morgan fingerprint density at radius 1 is 1.33 bits per heavy atom. The van der Waals surface area contributed by atoms with E-state index in [1.54, 1.807) is 26.8 Å². The van der Waals surface area contributed by atoms with E-state index in [9.17, 15) is 9.46 Å². The zero-order valence-corrected chi connectivity index (χ0v) is 15.3. The Morgan fingerprint density at radius 2 is 2.08 bits per heavy atom. The molecule has 1 aromatic carbocycles. The van der Waals surface area contributed by atoms with Crippen molar-refractivity contribution in [2.24, 2.45) is 0 Å². The maximum atomic E-state index is 11.7. The maximum Gasteiger partial charge on any atom is 0.271 e. The van der Waals surface area contributed by atoms with Crippen LogP contribution in [0.2, 0.25) is 0 Å². The molecule has 1 aromatic heterocycles. The maximum absolute atomic E-state index is 11.7. The molecule has 2 aromatic rings. The van der Waals surface area contributed by atoms with Crippen molar-refractivity contribution in [3.63, 3.8) is 0 Å². The van der Waals surface area contributed by atoms with Crippen molar-refractivity contribution in [1.29, 1.82) is 0 Å². The van der Waals surface area contributed by atoms with Crippen LogP contribution in [0.25, 0.3) is 10.9 Å². The Bertz CT molecular complexity index is 723. The van der Waals surface area contributed by atoms with Crippen molar-refractivity contribution in [2.45, 2.75) is 32.8 Å². The van der Waals surface area contributed by atoms with Crippen molar-refractivity contribution in [3.8, 4) is 5.75 Å². The number of fused-ring (bicyclic) bond motifs is 1. The summed E-state index contributed by atoms with van der Waals surface area (Å²) in [7, 11) is -2.53. The fraction of sp³-hybridized carbons (Fsp3) is 0.500. The molecule has 2 N–H and O–H groups in total. The number of phosphoric ester groups is 1. The van der Waals surface area contributed by atoms with Gasteiger partial charge in [0.25, 0.3) is 7.82 Å². The van der Waals surface area contributed by atoms with E-state index >= 15 is 0 Å². The molecule has 0 amide bonds. The van der Waals surface area contributed by atoms with Gasteiger partial charge in [0, 0.05) is 17.1 Å². The number of aromatic nitrogens is 1. The molecular weight excluding hydrogens is 331 g/mol. The first-order chi connectivity index (χ1) is 11.2. The average molecular weight is 355 g/mol. The highest BCUT2D eigenvalue weighted by atomic mass is 31.2. The van der Waals surface area contributed by atoms with Crippen molar-refractivity contribution in [3.05, 3.63) is 30.0 Å². The quantitative estimate of drug-likeness (QED) is 0.558. The minimum Gasteiger partial charge on any atom is -0.756 e. The second-order valence-electron chi connectivity index (χ2n) is 6.39. The third-order valence-electron chi connectivity index (χ3n) is 3.20. The van der Waals surface area contributed by atoms with E-state index in [-0.39, 0.29) is 0 Å². The Balaban J connectivity index is 2.07. The predicted molar refractivity (Wildman–Crippen MR) is 91.0 cm³/mol. The van der Waals surface area contributed by atoms with Crippen molar-refractivity contribution < 1.29 is 23.2 Å². The largest absolute Gasteiger partial charge is 0.756 e. The summed E-state index contributed by atoms with van der Waals surface area (Å²) in [5.41, 5.74) is 1.17. The van der Waals surface area contributed by atoms with Crippen LogP contribution in [0, 0.1) is 0 Å². The SMILES string of the molecule is CNCCc1c[nH]c2cccc(OCOP(=O)([O-])OC(C)(C)C)c12. The number of hydrogen-bond acceptors (Lipinski definition) is 6. The molecule has 0 aliphatic heterocycles. The van der Waals surface area contributed by atoms with E-state index in [0.29, 0.717) is 5.75 Å². The highest BCUT2D eigenvalue weighted by molar-refractivity contribution is 7.45. The van der Waals surface area contributed by atoms with Crippen molar-refractivity contribution >= 4 is 18.7 Å². The molecule has 0 fully saturated rings. The zero-order chi connectivity index (χ0) is 17.8. The normalized spacial score (nSPS) is 14.7. The molecule has 0 saturated heterocycles. The van der Waals surface area contributed by atoms with Gasteiger partial charge < -0.3 is 24.5 Å². The molecule has 2 rings (SSSR count). The molecule has 7 nitrogen and oxygen atoms in total. The Morgan fingerprint density at radius 3 is 2.75 bits per heavy atom. The molecule has 1 atom stereocenters. The molecule has 0 spiro atoms. The van der Waals surface area contributed by atoms with Crippen molar-refractivity contribution in [1.82, 2.24) is 10.3 Å². The van der Waals surface area contributed by atoms with Crippen LogP contribution in [0.1, 0.15) is 26.3 Å². The lowest BCUT2D eigenvalue weighted by Crippen LogP contribution is -2.23. The summed E-state index contributed by atoms with van der Waals surface area (Å²) in [5, 5.41) is 4.03.